The van der Waals surface area contributed by atoms with Crippen LogP contribution in [-0.4, -0.2) is 33.7 Å². The number of carboxylic acid groups (broad SMARTS) is 1. The van der Waals surface area contributed by atoms with Gasteiger partial charge in [-0.1, -0.05) is 35.7 Å². The zero-order chi connectivity index (χ0) is 15.4. The molecule has 0 heterocycles. The number of rotatable bonds is 6. The topological polar surface area (TPSA) is 60.8 Å². The molecule has 1 aliphatic rings. The van der Waals surface area contributed by atoms with E-state index in [4.69, 9.17) is 0 Å². The van der Waals surface area contributed by atoms with Gasteiger partial charge in [-0.25, -0.2) is 0 Å². The Labute approximate surface area is 133 Å². The number of carboxylic acids is 1. The highest BCUT2D eigenvalue weighted by atomic mass is 79.9. The van der Waals surface area contributed by atoms with Crippen molar-refractivity contribution in [1.29, 1.82) is 0 Å². The molecule has 0 saturated heterocycles. The summed E-state index contributed by atoms with van der Waals surface area (Å²) in [4.78, 5) is 13.3. The second kappa shape index (κ2) is 7.27. The first-order valence-corrected chi connectivity index (χ1v) is 8.28. The van der Waals surface area contributed by atoms with E-state index in [0.717, 1.165) is 42.1 Å². The van der Waals surface area contributed by atoms with E-state index >= 15 is 0 Å². The van der Waals surface area contributed by atoms with Gasteiger partial charge in [0.1, 0.15) is 5.75 Å². The molecule has 1 aromatic carbocycles. The molecule has 21 heavy (non-hydrogen) atoms. The number of carbonyl (C=O) groups is 1. The first kappa shape index (κ1) is 16.3. The average Bonchev–Trinajstić information content (AvgIpc) is 2.95. The predicted octanol–water partition coefficient (Wildman–Crippen LogP) is 3.94. The number of nitrogens with zero attached hydrogens (tertiary/aromatic N) is 1. The molecular weight excluding hydrogens is 334 g/mol. The minimum atomic E-state index is -0.810. The maximum Gasteiger partial charge on any atom is 0.317 e. The molecule has 0 amide bonds. The van der Waals surface area contributed by atoms with Crippen molar-refractivity contribution in [2.24, 2.45) is 0 Å². The average molecular weight is 356 g/mol. The van der Waals surface area contributed by atoms with Crippen LogP contribution in [0.15, 0.2) is 22.7 Å². The highest BCUT2D eigenvalue weighted by Crippen LogP contribution is 2.37. The molecule has 4 nitrogen and oxygen atoms in total. The summed E-state index contributed by atoms with van der Waals surface area (Å²) in [6, 6.07) is 5.58. The molecule has 2 N–H and O–H groups in total. The van der Waals surface area contributed by atoms with E-state index < -0.39 is 5.97 Å². The lowest BCUT2D eigenvalue weighted by Crippen LogP contribution is -2.40. The van der Waals surface area contributed by atoms with Crippen LogP contribution in [0, 0.1) is 0 Å². The molecule has 0 aromatic heterocycles. The van der Waals surface area contributed by atoms with Gasteiger partial charge in [0.25, 0.3) is 0 Å². The summed E-state index contributed by atoms with van der Waals surface area (Å²) in [7, 11) is 0. The molecule has 0 aliphatic heterocycles. The molecule has 0 bridgehead atoms. The third-order valence-electron chi connectivity index (χ3n) is 4.25. The van der Waals surface area contributed by atoms with Gasteiger partial charge >= 0.3 is 5.97 Å². The molecule has 1 fully saturated rings. The van der Waals surface area contributed by atoms with Crippen molar-refractivity contribution in [3.8, 4) is 5.75 Å². The van der Waals surface area contributed by atoms with Crippen molar-refractivity contribution in [2.75, 3.05) is 6.54 Å². The van der Waals surface area contributed by atoms with Gasteiger partial charge in [0.2, 0.25) is 0 Å². The first-order chi connectivity index (χ1) is 10.0. The number of phenols is 1. The summed E-state index contributed by atoms with van der Waals surface area (Å²) < 4.78 is 0.899. The molecule has 1 saturated carbocycles. The Balaban J connectivity index is 2.33. The van der Waals surface area contributed by atoms with Gasteiger partial charge in [-0.2, -0.15) is 0 Å². The monoisotopic (exact) mass is 355 g/mol. The van der Waals surface area contributed by atoms with E-state index in [0.29, 0.717) is 6.04 Å². The van der Waals surface area contributed by atoms with Crippen molar-refractivity contribution < 1.29 is 15.0 Å². The fourth-order valence-electron chi connectivity index (χ4n) is 3.31. The van der Waals surface area contributed by atoms with Crippen LogP contribution in [0.5, 0.6) is 5.75 Å². The molecule has 1 unspecified atom stereocenters. The summed E-state index contributed by atoms with van der Waals surface area (Å²) in [5, 5.41) is 19.4. The second-order valence-electron chi connectivity index (χ2n) is 5.63. The predicted molar refractivity (Wildman–Crippen MR) is 85.4 cm³/mol. The first-order valence-electron chi connectivity index (χ1n) is 7.49. The summed E-state index contributed by atoms with van der Waals surface area (Å²) in [6.45, 7) is 2.06. The summed E-state index contributed by atoms with van der Waals surface area (Å²) in [5.74, 6) is -0.576. The van der Waals surface area contributed by atoms with E-state index in [1.54, 1.807) is 12.1 Å². The van der Waals surface area contributed by atoms with Gasteiger partial charge in [-0.15, -0.1) is 0 Å². The number of hydrogen-bond acceptors (Lipinski definition) is 3. The third kappa shape index (κ3) is 3.98. The molecule has 1 atom stereocenters. The maximum absolute atomic E-state index is 11.3. The van der Waals surface area contributed by atoms with Crippen LogP contribution in [0.2, 0.25) is 0 Å². The highest BCUT2D eigenvalue weighted by molar-refractivity contribution is 9.10. The number of benzene rings is 1. The number of halogens is 1. The molecule has 1 aliphatic carbocycles. The normalized spacial score (nSPS) is 17.3. The van der Waals surface area contributed by atoms with E-state index in [-0.39, 0.29) is 18.3 Å². The van der Waals surface area contributed by atoms with Crippen LogP contribution in [0.4, 0.5) is 0 Å². The Morgan fingerprint density at radius 2 is 2.10 bits per heavy atom. The summed E-state index contributed by atoms with van der Waals surface area (Å²) >= 11 is 3.43. The lowest BCUT2D eigenvalue weighted by molar-refractivity contribution is -0.139. The number of phenolic OH excluding ortho intramolecular Hbond substituents is 1. The van der Waals surface area contributed by atoms with Crippen molar-refractivity contribution in [3.05, 3.63) is 28.2 Å². The largest absolute Gasteiger partial charge is 0.508 e. The Morgan fingerprint density at radius 1 is 1.43 bits per heavy atom. The van der Waals surface area contributed by atoms with Crippen LogP contribution in [-0.2, 0) is 4.79 Å². The van der Waals surface area contributed by atoms with E-state index in [1.807, 2.05) is 13.0 Å². The lowest BCUT2D eigenvalue weighted by Gasteiger charge is -2.35. The van der Waals surface area contributed by atoms with Crippen molar-refractivity contribution >= 4 is 21.9 Å². The molecule has 1 aromatic rings. The Morgan fingerprint density at radius 3 is 2.67 bits per heavy atom. The Bertz CT molecular complexity index is 500. The van der Waals surface area contributed by atoms with Gasteiger partial charge in [0.05, 0.1) is 6.54 Å². The van der Waals surface area contributed by atoms with Gasteiger partial charge in [-0.3, -0.25) is 9.69 Å². The quantitative estimate of drug-likeness (QED) is 0.811. The number of hydrogen-bond donors (Lipinski definition) is 2. The second-order valence-corrected chi connectivity index (χ2v) is 6.55. The molecule has 116 valence electrons. The van der Waals surface area contributed by atoms with Crippen molar-refractivity contribution in [3.63, 3.8) is 0 Å². The summed E-state index contributed by atoms with van der Waals surface area (Å²) in [5.41, 5.74) is 0.806. The fourth-order valence-corrected chi connectivity index (χ4v) is 3.69. The van der Waals surface area contributed by atoms with Crippen LogP contribution >= 0.6 is 15.9 Å². The SMILES string of the molecule is CCC(c1cc(Br)ccc1O)N(CC(=O)O)C1CCCC1. The Hall–Kier alpha value is -1.07. The smallest absolute Gasteiger partial charge is 0.317 e. The molecule has 2 rings (SSSR count). The van der Waals surface area contributed by atoms with Gasteiger partial charge in [0.15, 0.2) is 0 Å². The van der Waals surface area contributed by atoms with Gasteiger partial charge in [0, 0.05) is 22.1 Å². The number of aliphatic carboxylic acids is 1. The minimum absolute atomic E-state index is 0.0229. The molecule has 5 heteroatoms. The fraction of sp³-hybridized carbons (Fsp3) is 0.562. The van der Waals surface area contributed by atoms with Crippen LogP contribution in [0.1, 0.15) is 50.6 Å². The molecule has 0 spiro atoms. The maximum atomic E-state index is 11.3. The molecule has 0 radical (unpaired) electrons. The van der Waals surface area contributed by atoms with Crippen LogP contribution < -0.4 is 0 Å². The summed E-state index contributed by atoms with van der Waals surface area (Å²) in [6.07, 6.45) is 5.16. The van der Waals surface area contributed by atoms with Crippen molar-refractivity contribution in [2.45, 2.75) is 51.1 Å². The lowest BCUT2D eigenvalue weighted by atomic mass is 9.99. The van der Waals surface area contributed by atoms with Crippen LogP contribution in [0.3, 0.4) is 0 Å². The van der Waals surface area contributed by atoms with Crippen LogP contribution in [0.25, 0.3) is 0 Å². The zero-order valence-electron chi connectivity index (χ0n) is 12.3. The molecular formula is C16H22BrNO3. The third-order valence-corrected chi connectivity index (χ3v) is 4.74. The van der Waals surface area contributed by atoms with E-state index in [2.05, 4.69) is 20.8 Å². The zero-order valence-corrected chi connectivity index (χ0v) is 13.8. The van der Waals surface area contributed by atoms with E-state index in [1.165, 1.54) is 0 Å². The minimum Gasteiger partial charge on any atom is -0.508 e. The van der Waals surface area contributed by atoms with Crippen molar-refractivity contribution in [1.82, 2.24) is 4.90 Å². The highest BCUT2D eigenvalue weighted by Gasteiger charge is 2.31. The standard InChI is InChI=1S/C16H22BrNO3/c1-2-14(13-9-11(17)7-8-15(13)19)18(10-16(20)21)12-5-3-4-6-12/h7-9,12,14,19H,2-6,10H2,1H3,(H,20,21). The number of aromatic hydroxyl groups is 1. The van der Waals surface area contributed by atoms with Gasteiger partial charge < -0.3 is 10.2 Å². The Kier molecular flexibility index (Phi) is 5.65. The van der Waals surface area contributed by atoms with E-state index in [9.17, 15) is 15.0 Å². The van der Waals surface area contributed by atoms with Gasteiger partial charge in [-0.05, 0) is 37.5 Å².